The molecule has 2 atom stereocenters. The quantitative estimate of drug-likeness (QED) is 0.674. The maximum atomic E-state index is 11.9. The highest BCUT2D eigenvalue weighted by Crippen LogP contribution is 2.37. The minimum absolute atomic E-state index is 0.331. The van der Waals surface area contributed by atoms with Crippen molar-refractivity contribution in [3.05, 3.63) is 95.0 Å². The molecule has 28 heavy (non-hydrogen) atoms. The molecule has 3 nitrogen and oxygen atoms in total. The fourth-order valence-corrected chi connectivity index (χ4v) is 4.15. The fraction of sp³-hybridized carbons (Fsp3) is 0.250. The number of ether oxygens (including phenoxy) is 1. The van der Waals surface area contributed by atoms with E-state index < -0.39 is 5.60 Å². The van der Waals surface area contributed by atoms with Crippen LogP contribution in [0.5, 0.6) is 0 Å². The van der Waals surface area contributed by atoms with Crippen LogP contribution in [0.1, 0.15) is 11.1 Å². The topological polar surface area (TPSA) is 41.5 Å². The van der Waals surface area contributed by atoms with E-state index in [2.05, 4.69) is 17.4 Å². The number of morpholine rings is 1. The minimum Gasteiger partial charge on any atom is -0.382 e. The summed E-state index contributed by atoms with van der Waals surface area (Å²) < 4.78 is 6.00. The van der Waals surface area contributed by atoms with Gasteiger partial charge in [-0.15, -0.1) is 0 Å². The molecule has 0 aromatic heterocycles. The predicted molar refractivity (Wildman–Crippen MR) is 114 cm³/mol. The number of halogens is 1. The monoisotopic (exact) mass is 393 g/mol. The lowest BCUT2D eigenvalue weighted by Gasteiger charge is -2.39. The van der Waals surface area contributed by atoms with Crippen molar-refractivity contribution >= 4 is 11.6 Å². The number of hydrogen-bond donors (Lipinski definition) is 2. The van der Waals surface area contributed by atoms with E-state index in [0.717, 1.165) is 28.8 Å². The molecule has 0 saturated carbocycles. The highest BCUT2D eigenvalue weighted by atomic mass is 35.5. The molecular weight excluding hydrogens is 370 g/mol. The average Bonchev–Trinajstić information content (AvgIpc) is 2.76. The largest absolute Gasteiger partial charge is 0.382 e. The first-order valence-electron chi connectivity index (χ1n) is 9.61. The van der Waals surface area contributed by atoms with Crippen molar-refractivity contribution in [1.82, 2.24) is 5.32 Å². The van der Waals surface area contributed by atoms with Gasteiger partial charge in [0.25, 0.3) is 0 Å². The molecule has 0 radical (unpaired) electrons. The van der Waals surface area contributed by atoms with Crippen LogP contribution in [0.4, 0.5) is 0 Å². The SMILES string of the molecule is O[C@@](Cc1ccccc1-c1ccccc1Cl)(c1ccccc1)[C@@H]1CNCCO1. The highest BCUT2D eigenvalue weighted by molar-refractivity contribution is 6.33. The van der Waals surface area contributed by atoms with Crippen LogP contribution in [0.15, 0.2) is 78.9 Å². The molecule has 0 amide bonds. The Hall–Kier alpha value is -2.17. The number of nitrogens with one attached hydrogen (secondary N) is 1. The zero-order valence-electron chi connectivity index (χ0n) is 15.6. The van der Waals surface area contributed by atoms with Gasteiger partial charge < -0.3 is 15.2 Å². The Balaban J connectivity index is 1.77. The van der Waals surface area contributed by atoms with Crippen molar-refractivity contribution in [2.45, 2.75) is 18.1 Å². The molecule has 1 saturated heterocycles. The Bertz CT molecular complexity index is 925. The second kappa shape index (κ2) is 8.46. The van der Waals surface area contributed by atoms with Crippen LogP contribution in [0.2, 0.25) is 5.02 Å². The Labute approximate surface area is 170 Å². The van der Waals surface area contributed by atoms with Gasteiger partial charge in [0.1, 0.15) is 11.7 Å². The summed E-state index contributed by atoms with van der Waals surface area (Å²) in [6, 6.07) is 25.7. The second-order valence-electron chi connectivity index (χ2n) is 7.17. The van der Waals surface area contributed by atoms with E-state index in [-0.39, 0.29) is 6.10 Å². The maximum absolute atomic E-state index is 11.9. The van der Waals surface area contributed by atoms with Crippen LogP contribution < -0.4 is 5.32 Å². The summed E-state index contributed by atoms with van der Waals surface area (Å²) >= 11 is 6.47. The van der Waals surface area contributed by atoms with Crippen LogP contribution in [0, 0.1) is 0 Å². The third kappa shape index (κ3) is 3.85. The highest BCUT2D eigenvalue weighted by Gasteiger charge is 2.40. The average molecular weight is 394 g/mol. The van der Waals surface area contributed by atoms with E-state index in [1.165, 1.54) is 0 Å². The summed E-state index contributed by atoms with van der Waals surface area (Å²) in [5.74, 6) is 0. The normalized spacial score (nSPS) is 19.1. The molecule has 0 unspecified atom stereocenters. The molecule has 0 bridgehead atoms. The van der Waals surface area contributed by atoms with E-state index in [1.54, 1.807) is 0 Å². The Morgan fingerprint density at radius 1 is 0.929 bits per heavy atom. The summed E-state index contributed by atoms with van der Waals surface area (Å²) in [7, 11) is 0. The number of aliphatic hydroxyl groups is 1. The second-order valence-corrected chi connectivity index (χ2v) is 7.57. The summed E-state index contributed by atoms with van der Waals surface area (Å²) in [6.07, 6.45) is 0.105. The molecule has 1 aliphatic heterocycles. The van der Waals surface area contributed by atoms with Crippen molar-refractivity contribution < 1.29 is 9.84 Å². The molecule has 3 aromatic carbocycles. The van der Waals surface area contributed by atoms with Gasteiger partial charge in [-0.25, -0.2) is 0 Å². The van der Waals surface area contributed by atoms with Gasteiger partial charge in [-0.1, -0.05) is 84.4 Å². The summed E-state index contributed by atoms with van der Waals surface area (Å²) in [5, 5.41) is 16.0. The predicted octanol–water partition coefficient (Wildman–Crippen LogP) is 4.43. The first kappa shape index (κ1) is 19.2. The molecule has 144 valence electrons. The zero-order valence-corrected chi connectivity index (χ0v) is 16.4. The van der Waals surface area contributed by atoms with Crippen molar-refractivity contribution in [3.8, 4) is 11.1 Å². The van der Waals surface area contributed by atoms with Gasteiger partial charge in [-0.2, -0.15) is 0 Å². The van der Waals surface area contributed by atoms with Crippen LogP contribution in [0.3, 0.4) is 0 Å². The van der Waals surface area contributed by atoms with Gasteiger partial charge >= 0.3 is 0 Å². The van der Waals surface area contributed by atoms with E-state index >= 15 is 0 Å². The summed E-state index contributed by atoms with van der Waals surface area (Å²) in [6.45, 7) is 2.00. The molecule has 4 heteroatoms. The molecule has 1 fully saturated rings. The maximum Gasteiger partial charge on any atom is 0.121 e. The Morgan fingerprint density at radius 2 is 1.61 bits per heavy atom. The molecule has 0 aliphatic carbocycles. The van der Waals surface area contributed by atoms with Crippen molar-refractivity contribution in [3.63, 3.8) is 0 Å². The summed E-state index contributed by atoms with van der Waals surface area (Å²) in [4.78, 5) is 0. The van der Waals surface area contributed by atoms with Gasteiger partial charge in [0.2, 0.25) is 0 Å². The van der Waals surface area contributed by atoms with Gasteiger partial charge in [0.15, 0.2) is 0 Å². The van der Waals surface area contributed by atoms with Crippen LogP contribution >= 0.6 is 11.6 Å². The van der Waals surface area contributed by atoms with Crippen LogP contribution in [-0.4, -0.2) is 30.9 Å². The van der Waals surface area contributed by atoms with E-state index in [4.69, 9.17) is 16.3 Å². The number of rotatable bonds is 5. The van der Waals surface area contributed by atoms with E-state index in [9.17, 15) is 5.11 Å². The molecule has 3 aromatic rings. The Morgan fingerprint density at radius 3 is 2.32 bits per heavy atom. The third-order valence-corrected chi connectivity index (χ3v) is 5.70. The molecule has 4 rings (SSSR count). The zero-order chi connectivity index (χ0) is 19.4. The molecular formula is C24H24ClNO2. The standard InChI is InChI=1S/C24H24ClNO2/c25-22-13-7-6-12-21(22)20-11-5-4-8-18(20)16-24(27,19-9-2-1-3-10-19)23-17-26-14-15-28-23/h1-13,23,26-27H,14-17H2/t23-,24-/m0/s1. The Kier molecular flexibility index (Phi) is 5.79. The molecule has 0 spiro atoms. The molecule has 1 heterocycles. The number of benzene rings is 3. The minimum atomic E-state index is -1.15. The van der Waals surface area contributed by atoms with Gasteiger partial charge in [-0.05, 0) is 22.8 Å². The lowest BCUT2D eigenvalue weighted by Crippen LogP contribution is -2.52. The number of hydrogen-bond acceptors (Lipinski definition) is 3. The van der Waals surface area contributed by atoms with E-state index in [0.29, 0.717) is 24.6 Å². The smallest absolute Gasteiger partial charge is 0.121 e. The fourth-order valence-electron chi connectivity index (χ4n) is 3.91. The van der Waals surface area contributed by atoms with Gasteiger partial charge in [0.05, 0.1) is 6.61 Å². The molecule has 2 N–H and O–H groups in total. The van der Waals surface area contributed by atoms with Crippen LogP contribution in [0.25, 0.3) is 11.1 Å². The lowest BCUT2D eigenvalue weighted by atomic mass is 9.80. The van der Waals surface area contributed by atoms with Crippen molar-refractivity contribution in [2.24, 2.45) is 0 Å². The molecule has 1 aliphatic rings. The first-order chi connectivity index (χ1) is 13.7. The lowest BCUT2D eigenvalue weighted by molar-refractivity contribution is -0.124. The van der Waals surface area contributed by atoms with Crippen LogP contribution in [-0.2, 0) is 16.8 Å². The van der Waals surface area contributed by atoms with Gasteiger partial charge in [-0.3, -0.25) is 0 Å². The van der Waals surface area contributed by atoms with Crippen molar-refractivity contribution in [1.29, 1.82) is 0 Å². The summed E-state index contributed by atoms with van der Waals surface area (Å²) in [5.41, 5.74) is 2.75. The first-order valence-corrected chi connectivity index (χ1v) is 9.99. The third-order valence-electron chi connectivity index (χ3n) is 5.38. The van der Waals surface area contributed by atoms with Gasteiger partial charge in [0, 0.05) is 30.1 Å². The van der Waals surface area contributed by atoms with E-state index in [1.807, 2.05) is 66.7 Å². The van der Waals surface area contributed by atoms with Crippen molar-refractivity contribution in [2.75, 3.05) is 19.7 Å².